The van der Waals surface area contributed by atoms with Crippen molar-refractivity contribution in [2.24, 2.45) is 11.1 Å². The topological polar surface area (TPSA) is 70.8 Å². The molecule has 0 radical (unpaired) electrons. The first-order valence-corrected chi connectivity index (χ1v) is 12.7. The fourth-order valence-electron chi connectivity index (χ4n) is 5.25. The lowest BCUT2D eigenvalue weighted by Crippen LogP contribution is -2.44. The first-order chi connectivity index (χ1) is 16.0. The van der Waals surface area contributed by atoms with E-state index in [1.54, 1.807) is 6.07 Å². The summed E-state index contributed by atoms with van der Waals surface area (Å²) in [7, 11) is 0. The molecule has 1 atom stereocenters. The third-order valence-corrected chi connectivity index (χ3v) is 9.01. The highest BCUT2D eigenvalue weighted by molar-refractivity contribution is 7.99. The number of nitrogens with two attached hydrogens (primary N) is 1. The normalized spacial score (nSPS) is 19.4. The molecule has 1 aliphatic carbocycles. The average molecular weight is 496 g/mol. The largest absolute Gasteiger partial charge is 0.357 e. The zero-order chi connectivity index (χ0) is 22.6. The molecule has 3 heterocycles. The number of anilines is 1. The Morgan fingerprint density at radius 2 is 1.91 bits per heavy atom. The zero-order valence-electron chi connectivity index (χ0n) is 17.9. The lowest BCUT2D eigenvalue weighted by molar-refractivity contribution is 0.187. The quantitative estimate of drug-likeness (QED) is 0.351. The summed E-state index contributed by atoms with van der Waals surface area (Å²) in [5, 5.41) is 1.84. The molecule has 0 amide bonds. The van der Waals surface area contributed by atoms with E-state index < -0.39 is 0 Å². The van der Waals surface area contributed by atoms with Gasteiger partial charge in [0.25, 0.3) is 0 Å². The van der Waals surface area contributed by atoms with Gasteiger partial charge < -0.3 is 15.6 Å². The van der Waals surface area contributed by atoms with Crippen LogP contribution in [-0.2, 0) is 6.42 Å². The van der Waals surface area contributed by atoms with Crippen molar-refractivity contribution in [1.82, 2.24) is 15.0 Å². The second kappa shape index (κ2) is 8.20. The zero-order valence-corrected chi connectivity index (χ0v) is 20.2. The number of hydrogen-bond donors (Lipinski definition) is 2. The number of nitrogens with zero attached hydrogens (tertiary/aromatic N) is 3. The van der Waals surface area contributed by atoms with E-state index in [1.807, 2.05) is 18.3 Å². The molecular formula is C25H23Cl2N5S. The van der Waals surface area contributed by atoms with Crippen LogP contribution in [0.1, 0.15) is 30.0 Å². The first-order valence-electron chi connectivity index (χ1n) is 11.1. The van der Waals surface area contributed by atoms with Crippen LogP contribution in [0.5, 0.6) is 0 Å². The molecule has 168 valence electrons. The van der Waals surface area contributed by atoms with Gasteiger partial charge in [0.2, 0.25) is 0 Å². The van der Waals surface area contributed by atoms with Gasteiger partial charge in [-0.05, 0) is 47.9 Å². The lowest BCUT2D eigenvalue weighted by atomic mass is 9.73. The number of piperidine rings is 1. The first kappa shape index (κ1) is 21.3. The van der Waals surface area contributed by atoms with Crippen LogP contribution in [0.15, 0.2) is 64.8 Å². The second-order valence-electron chi connectivity index (χ2n) is 8.96. The average Bonchev–Trinajstić information content (AvgIpc) is 3.35. The Kier molecular flexibility index (Phi) is 5.29. The molecule has 1 fully saturated rings. The van der Waals surface area contributed by atoms with Gasteiger partial charge >= 0.3 is 0 Å². The lowest BCUT2D eigenvalue weighted by Gasteiger charge is -2.42. The Bertz CT molecular complexity index is 1350. The minimum absolute atomic E-state index is 0.121. The van der Waals surface area contributed by atoms with Crippen LogP contribution in [0.4, 0.5) is 5.82 Å². The van der Waals surface area contributed by atoms with E-state index in [0.717, 1.165) is 59.3 Å². The molecule has 0 unspecified atom stereocenters. The maximum absolute atomic E-state index is 6.73. The van der Waals surface area contributed by atoms with Gasteiger partial charge in [-0.25, -0.2) is 9.97 Å². The molecule has 2 aliphatic rings. The van der Waals surface area contributed by atoms with Crippen molar-refractivity contribution in [3.8, 4) is 0 Å². The van der Waals surface area contributed by atoms with Crippen molar-refractivity contribution in [2.45, 2.75) is 35.4 Å². The molecule has 1 saturated heterocycles. The number of rotatable bonds is 3. The Labute approximate surface area is 206 Å². The molecule has 33 heavy (non-hydrogen) atoms. The third-order valence-electron chi connectivity index (χ3n) is 7.13. The van der Waals surface area contributed by atoms with E-state index in [0.29, 0.717) is 10.0 Å². The third kappa shape index (κ3) is 3.69. The highest BCUT2D eigenvalue weighted by Gasteiger charge is 2.45. The number of imidazole rings is 1. The smallest absolute Gasteiger partial charge is 0.171 e. The molecule has 6 rings (SSSR count). The number of fused-ring (bicyclic) bond motifs is 2. The van der Waals surface area contributed by atoms with Crippen LogP contribution in [0.3, 0.4) is 0 Å². The summed E-state index contributed by atoms with van der Waals surface area (Å²) in [5.74, 6) is 0.963. The van der Waals surface area contributed by atoms with Crippen molar-refractivity contribution in [2.75, 3.05) is 18.0 Å². The van der Waals surface area contributed by atoms with E-state index in [1.165, 1.54) is 22.9 Å². The van der Waals surface area contributed by atoms with Gasteiger partial charge in [0, 0.05) is 30.1 Å². The summed E-state index contributed by atoms with van der Waals surface area (Å²) in [6.07, 6.45) is 5.08. The minimum Gasteiger partial charge on any atom is -0.357 e. The van der Waals surface area contributed by atoms with Crippen LogP contribution in [0.25, 0.3) is 11.0 Å². The van der Waals surface area contributed by atoms with Gasteiger partial charge in [0.1, 0.15) is 5.82 Å². The van der Waals surface area contributed by atoms with Crippen LogP contribution < -0.4 is 10.6 Å². The number of aromatic nitrogens is 3. The standard InChI is InChI=1S/C25H23Cl2N5S/c26-17-6-3-7-20(22(17)27)33-24-30-18-12-21(29-14-19(18)31-24)32-10-8-25(9-11-32)13-15-4-1-2-5-16(15)23(25)28/h1-7,12,14,23H,8-11,13,28H2,(H,30,31)/t23-/m1/s1. The summed E-state index contributed by atoms with van der Waals surface area (Å²) >= 11 is 13.9. The molecule has 0 bridgehead atoms. The molecular weight excluding hydrogens is 473 g/mol. The summed E-state index contributed by atoms with van der Waals surface area (Å²) in [6, 6.07) is 16.4. The van der Waals surface area contributed by atoms with Crippen molar-refractivity contribution in [1.29, 1.82) is 0 Å². The van der Waals surface area contributed by atoms with Gasteiger partial charge in [-0.3, -0.25) is 0 Å². The fraction of sp³-hybridized carbons (Fsp3) is 0.280. The predicted octanol–water partition coefficient (Wildman–Crippen LogP) is 6.26. The van der Waals surface area contributed by atoms with E-state index in [4.69, 9.17) is 38.9 Å². The second-order valence-corrected chi connectivity index (χ2v) is 10.8. The molecule has 3 N–H and O–H groups in total. The maximum atomic E-state index is 6.73. The number of halogens is 2. The Morgan fingerprint density at radius 1 is 1.09 bits per heavy atom. The molecule has 2 aromatic carbocycles. The number of pyridine rings is 1. The van der Waals surface area contributed by atoms with E-state index in [-0.39, 0.29) is 11.5 Å². The molecule has 0 saturated carbocycles. The monoisotopic (exact) mass is 495 g/mol. The number of H-pyrrole nitrogens is 1. The molecule has 1 aliphatic heterocycles. The van der Waals surface area contributed by atoms with Gasteiger partial charge in [-0.1, -0.05) is 65.3 Å². The number of nitrogens with one attached hydrogen (secondary N) is 1. The van der Waals surface area contributed by atoms with Gasteiger partial charge in [0.15, 0.2) is 5.16 Å². The van der Waals surface area contributed by atoms with Crippen LogP contribution in [-0.4, -0.2) is 28.0 Å². The summed E-state index contributed by atoms with van der Waals surface area (Å²) in [6.45, 7) is 1.90. The summed E-state index contributed by atoms with van der Waals surface area (Å²) in [4.78, 5) is 16.0. The SMILES string of the molecule is N[C@@H]1c2ccccc2CC12CCN(c1cc3nc(Sc4cccc(Cl)c4Cl)[nH]c3cn1)CC2. The predicted molar refractivity (Wildman–Crippen MR) is 135 cm³/mol. The molecule has 4 aromatic rings. The van der Waals surface area contributed by atoms with Gasteiger partial charge in [-0.2, -0.15) is 0 Å². The highest BCUT2D eigenvalue weighted by atomic mass is 35.5. The van der Waals surface area contributed by atoms with Crippen molar-refractivity contribution in [3.63, 3.8) is 0 Å². The van der Waals surface area contributed by atoms with Crippen LogP contribution in [0.2, 0.25) is 10.0 Å². The van der Waals surface area contributed by atoms with Gasteiger partial charge in [-0.15, -0.1) is 0 Å². The van der Waals surface area contributed by atoms with E-state index in [9.17, 15) is 0 Å². The molecule has 2 aromatic heterocycles. The van der Waals surface area contributed by atoms with Crippen molar-refractivity contribution >= 4 is 51.8 Å². The van der Waals surface area contributed by atoms with Gasteiger partial charge in [0.05, 0.1) is 27.3 Å². The fourth-order valence-corrected chi connectivity index (χ4v) is 6.58. The number of aromatic amines is 1. The Hall–Kier alpha value is -2.25. The number of benzene rings is 2. The van der Waals surface area contributed by atoms with Crippen LogP contribution >= 0.6 is 35.0 Å². The molecule has 5 nitrogen and oxygen atoms in total. The Morgan fingerprint density at radius 3 is 2.73 bits per heavy atom. The summed E-state index contributed by atoms with van der Waals surface area (Å²) in [5.41, 5.74) is 11.4. The summed E-state index contributed by atoms with van der Waals surface area (Å²) < 4.78 is 0. The Balaban J connectivity index is 1.19. The molecule has 8 heteroatoms. The number of hydrogen-bond acceptors (Lipinski definition) is 5. The minimum atomic E-state index is 0.121. The van der Waals surface area contributed by atoms with E-state index >= 15 is 0 Å². The van der Waals surface area contributed by atoms with Crippen molar-refractivity contribution < 1.29 is 0 Å². The van der Waals surface area contributed by atoms with Crippen molar-refractivity contribution in [3.05, 3.63) is 75.9 Å². The highest BCUT2D eigenvalue weighted by Crippen LogP contribution is 2.51. The maximum Gasteiger partial charge on any atom is 0.171 e. The van der Waals surface area contributed by atoms with E-state index in [2.05, 4.69) is 40.2 Å². The molecule has 1 spiro atoms. The van der Waals surface area contributed by atoms with Crippen LogP contribution in [0, 0.1) is 5.41 Å².